The zero-order valence-corrected chi connectivity index (χ0v) is 14.2. The molecule has 1 N–H and O–H groups in total. The molecular formula is C20H21N3O2. The number of aromatic amines is 1. The monoisotopic (exact) mass is 335 g/mol. The summed E-state index contributed by atoms with van der Waals surface area (Å²) in [5, 5.41) is 0. The Morgan fingerprint density at radius 3 is 3.00 bits per heavy atom. The average molecular weight is 335 g/mol. The molecule has 1 fully saturated rings. The number of imidazole rings is 1. The normalized spacial score (nSPS) is 17.2. The molecule has 1 aliphatic heterocycles. The van der Waals surface area contributed by atoms with E-state index in [0.717, 1.165) is 47.6 Å². The average Bonchev–Trinajstić information content (AvgIpc) is 3.26. The fourth-order valence-electron chi connectivity index (χ4n) is 3.41. The number of likely N-dealkylation sites (tertiary alicyclic amines) is 1. The molecule has 0 unspecified atom stereocenters. The second kappa shape index (κ2) is 6.59. The summed E-state index contributed by atoms with van der Waals surface area (Å²) >= 11 is 0. The SMILES string of the molecule is Cc1cccc(OCC(=O)N2CCC[C@H]2c2nc3ccccc3[nH]2)c1. The Morgan fingerprint density at radius 1 is 1.28 bits per heavy atom. The lowest BCUT2D eigenvalue weighted by atomic mass is 10.2. The van der Waals surface area contributed by atoms with Crippen LogP contribution in [0.5, 0.6) is 5.75 Å². The summed E-state index contributed by atoms with van der Waals surface area (Å²) in [7, 11) is 0. The molecule has 1 aromatic heterocycles. The number of H-pyrrole nitrogens is 1. The van der Waals surface area contributed by atoms with Gasteiger partial charge in [0.2, 0.25) is 0 Å². The third kappa shape index (κ3) is 3.22. The summed E-state index contributed by atoms with van der Waals surface area (Å²) in [6.45, 7) is 2.81. The van der Waals surface area contributed by atoms with E-state index in [1.54, 1.807) is 0 Å². The van der Waals surface area contributed by atoms with Crippen LogP contribution in [0.4, 0.5) is 0 Å². The fourth-order valence-corrected chi connectivity index (χ4v) is 3.41. The van der Waals surface area contributed by atoms with Crippen molar-refractivity contribution in [2.75, 3.05) is 13.2 Å². The summed E-state index contributed by atoms with van der Waals surface area (Å²) < 4.78 is 5.68. The molecule has 4 rings (SSSR count). The van der Waals surface area contributed by atoms with Crippen molar-refractivity contribution in [2.24, 2.45) is 0 Å². The summed E-state index contributed by atoms with van der Waals surface area (Å²) in [4.78, 5) is 22.6. The molecule has 25 heavy (non-hydrogen) atoms. The van der Waals surface area contributed by atoms with Gasteiger partial charge in [0.05, 0.1) is 17.1 Å². The summed E-state index contributed by atoms with van der Waals surface area (Å²) in [5.74, 6) is 1.60. The number of para-hydroxylation sites is 2. The minimum absolute atomic E-state index is 0.000935. The third-order valence-corrected chi connectivity index (χ3v) is 4.65. The molecule has 1 amide bonds. The van der Waals surface area contributed by atoms with Crippen LogP contribution < -0.4 is 4.74 Å². The predicted molar refractivity (Wildman–Crippen MR) is 96.5 cm³/mol. The molecule has 0 radical (unpaired) electrons. The quantitative estimate of drug-likeness (QED) is 0.792. The number of ether oxygens (including phenoxy) is 1. The zero-order chi connectivity index (χ0) is 17.2. The maximum absolute atomic E-state index is 12.7. The standard InChI is InChI=1S/C20H21N3O2/c1-14-6-4-7-15(12-14)25-13-19(24)23-11-5-10-18(23)20-21-16-8-2-3-9-17(16)22-20/h2-4,6-9,12,18H,5,10-11,13H2,1H3,(H,21,22)/t18-/m0/s1. The van der Waals surface area contributed by atoms with E-state index in [0.29, 0.717) is 0 Å². The molecule has 3 aromatic rings. The van der Waals surface area contributed by atoms with Gasteiger partial charge in [0.1, 0.15) is 11.6 Å². The second-order valence-electron chi connectivity index (χ2n) is 6.49. The van der Waals surface area contributed by atoms with Gasteiger partial charge in [-0.3, -0.25) is 4.79 Å². The van der Waals surface area contributed by atoms with E-state index in [2.05, 4.69) is 9.97 Å². The summed E-state index contributed by atoms with van der Waals surface area (Å²) in [6, 6.07) is 15.7. The van der Waals surface area contributed by atoms with Gasteiger partial charge >= 0.3 is 0 Å². The molecule has 0 aliphatic carbocycles. The molecule has 5 nitrogen and oxygen atoms in total. The van der Waals surface area contributed by atoms with Gasteiger partial charge < -0.3 is 14.6 Å². The van der Waals surface area contributed by atoms with Crippen LogP contribution in [0, 0.1) is 6.92 Å². The van der Waals surface area contributed by atoms with Gasteiger partial charge in [-0.1, -0.05) is 24.3 Å². The first-order valence-electron chi connectivity index (χ1n) is 8.64. The molecule has 0 bridgehead atoms. The lowest BCUT2D eigenvalue weighted by Crippen LogP contribution is -2.34. The molecule has 1 atom stereocenters. The van der Waals surface area contributed by atoms with Crippen LogP contribution in [0.3, 0.4) is 0 Å². The van der Waals surface area contributed by atoms with Crippen molar-refractivity contribution in [1.82, 2.24) is 14.9 Å². The van der Waals surface area contributed by atoms with Gasteiger partial charge in [0.25, 0.3) is 5.91 Å². The summed E-state index contributed by atoms with van der Waals surface area (Å²) in [6.07, 6.45) is 1.91. The van der Waals surface area contributed by atoms with Gasteiger partial charge in [-0.15, -0.1) is 0 Å². The Balaban J connectivity index is 1.47. The van der Waals surface area contributed by atoms with Crippen molar-refractivity contribution in [3.05, 3.63) is 59.9 Å². The number of carbonyl (C=O) groups excluding carboxylic acids is 1. The molecule has 5 heteroatoms. The number of amides is 1. The van der Waals surface area contributed by atoms with Gasteiger partial charge in [-0.25, -0.2) is 4.98 Å². The van der Waals surface area contributed by atoms with Crippen molar-refractivity contribution in [3.8, 4) is 5.75 Å². The molecule has 128 valence electrons. The Bertz CT molecular complexity index is 870. The number of hydrogen-bond donors (Lipinski definition) is 1. The second-order valence-corrected chi connectivity index (χ2v) is 6.49. The van der Waals surface area contributed by atoms with Crippen LogP contribution in [-0.2, 0) is 4.79 Å². The first kappa shape index (κ1) is 15.7. The van der Waals surface area contributed by atoms with Crippen molar-refractivity contribution in [2.45, 2.75) is 25.8 Å². The molecule has 2 aromatic carbocycles. The number of carbonyl (C=O) groups is 1. The molecular weight excluding hydrogens is 314 g/mol. The van der Waals surface area contributed by atoms with E-state index in [1.807, 2.05) is 60.4 Å². The minimum atomic E-state index is 0.000935. The number of aryl methyl sites for hydroxylation is 1. The van der Waals surface area contributed by atoms with Crippen LogP contribution >= 0.6 is 0 Å². The van der Waals surface area contributed by atoms with E-state index in [9.17, 15) is 4.79 Å². The van der Waals surface area contributed by atoms with E-state index < -0.39 is 0 Å². The number of hydrogen-bond acceptors (Lipinski definition) is 3. The number of fused-ring (bicyclic) bond motifs is 1. The number of aromatic nitrogens is 2. The third-order valence-electron chi connectivity index (χ3n) is 4.65. The highest BCUT2D eigenvalue weighted by atomic mass is 16.5. The maximum atomic E-state index is 12.7. The number of nitrogens with zero attached hydrogens (tertiary/aromatic N) is 2. The highest BCUT2D eigenvalue weighted by Gasteiger charge is 2.32. The van der Waals surface area contributed by atoms with Crippen LogP contribution in [0.25, 0.3) is 11.0 Å². The first-order chi connectivity index (χ1) is 12.2. The van der Waals surface area contributed by atoms with Crippen LogP contribution in [0.2, 0.25) is 0 Å². The Labute approximate surface area is 146 Å². The minimum Gasteiger partial charge on any atom is -0.484 e. The maximum Gasteiger partial charge on any atom is 0.261 e. The van der Waals surface area contributed by atoms with Gasteiger partial charge in [-0.05, 0) is 49.6 Å². The van der Waals surface area contributed by atoms with Crippen molar-refractivity contribution in [3.63, 3.8) is 0 Å². The van der Waals surface area contributed by atoms with E-state index in [4.69, 9.17) is 4.74 Å². The molecule has 1 aliphatic rings. The van der Waals surface area contributed by atoms with Crippen molar-refractivity contribution >= 4 is 16.9 Å². The van der Waals surface area contributed by atoms with Gasteiger partial charge in [0, 0.05) is 6.54 Å². The molecule has 2 heterocycles. The van der Waals surface area contributed by atoms with Crippen molar-refractivity contribution in [1.29, 1.82) is 0 Å². The Kier molecular flexibility index (Phi) is 4.14. The lowest BCUT2D eigenvalue weighted by Gasteiger charge is -2.23. The van der Waals surface area contributed by atoms with Crippen LogP contribution in [0.15, 0.2) is 48.5 Å². The van der Waals surface area contributed by atoms with Gasteiger partial charge in [-0.2, -0.15) is 0 Å². The topological polar surface area (TPSA) is 58.2 Å². The van der Waals surface area contributed by atoms with E-state index in [1.165, 1.54) is 0 Å². The summed E-state index contributed by atoms with van der Waals surface area (Å²) in [5.41, 5.74) is 3.06. The smallest absolute Gasteiger partial charge is 0.261 e. The van der Waals surface area contributed by atoms with E-state index >= 15 is 0 Å². The highest BCUT2D eigenvalue weighted by molar-refractivity contribution is 5.79. The fraction of sp³-hybridized carbons (Fsp3) is 0.300. The number of nitrogens with one attached hydrogen (secondary N) is 1. The van der Waals surface area contributed by atoms with Crippen LogP contribution in [0.1, 0.15) is 30.3 Å². The molecule has 0 saturated carbocycles. The van der Waals surface area contributed by atoms with Crippen LogP contribution in [-0.4, -0.2) is 33.9 Å². The van der Waals surface area contributed by atoms with Gasteiger partial charge in [0.15, 0.2) is 6.61 Å². The largest absolute Gasteiger partial charge is 0.484 e. The molecule has 1 saturated heterocycles. The Morgan fingerprint density at radius 2 is 2.16 bits per heavy atom. The number of rotatable bonds is 4. The molecule has 0 spiro atoms. The zero-order valence-electron chi connectivity index (χ0n) is 14.2. The number of benzene rings is 2. The van der Waals surface area contributed by atoms with E-state index in [-0.39, 0.29) is 18.6 Å². The predicted octanol–water partition coefficient (Wildman–Crippen LogP) is 3.61. The van der Waals surface area contributed by atoms with Crippen molar-refractivity contribution < 1.29 is 9.53 Å². The first-order valence-corrected chi connectivity index (χ1v) is 8.64. The Hall–Kier alpha value is -2.82. The lowest BCUT2D eigenvalue weighted by molar-refractivity contribution is -0.134. The highest BCUT2D eigenvalue weighted by Crippen LogP contribution is 2.31.